The summed E-state index contributed by atoms with van der Waals surface area (Å²) in [4.78, 5) is 13.4. The summed E-state index contributed by atoms with van der Waals surface area (Å²) in [6.07, 6.45) is 3.39. The molecule has 0 spiro atoms. The molecule has 0 aliphatic carbocycles. The first-order chi connectivity index (χ1) is 13.4. The fraction of sp³-hybridized carbons (Fsp3) is 0.105. The van der Waals surface area contributed by atoms with Crippen LogP contribution >= 0.6 is 23.4 Å². The first-order valence-electron chi connectivity index (χ1n) is 8.16. The molecule has 0 saturated carbocycles. The maximum Gasteiger partial charge on any atom is 0.255 e. The Morgan fingerprint density at radius 3 is 2.68 bits per heavy atom. The number of sulfonamides is 1. The van der Waals surface area contributed by atoms with Crippen LogP contribution in [0.3, 0.4) is 0 Å². The molecule has 3 aromatic rings. The van der Waals surface area contributed by atoms with Gasteiger partial charge in [0.15, 0.2) is 0 Å². The van der Waals surface area contributed by atoms with Crippen LogP contribution in [0, 0.1) is 0 Å². The summed E-state index contributed by atoms with van der Waals surface area (Å²) < 4.78 is 32.7. The maximum absolute atomic E-state index is 12.6. The average molecular weight is 437 g/mol. The highest BCUT2D eigenvalue weighted by molar-refractivity contribution is 7.98. The topological polar surface area (TPSA) is 88.4 Å². The zero-order chi connectivity index (χ0) is 20.1. The number of hydrogen-bond acceptors (Lipinski definition) is 5. The van der Waals surface area contributed by atoms with Crippen molar-refractivity contribution in [3.63, 3.8) is 0 Å². The van der Waals surface area contributed by atoms with Gasteiger partial charge in [-0.3, -0.25) is 4.79 Å². The molecule has 6 nitrogen and oxygen atoms in total. The summed E-state index contributed by atoms with van der Waals surface area (Å²) >= 11 is 7.62. The largest absolute Gasteiger partial charge is 0.468 e. The molecule has 9 heteroatoms. The van der Waals surface area contributed by atoms with Gasteiger partial charge in [0.1, 0.15) is 10.7 Å². The second kappa shape index (κ2) is 8.83. The number of carbonyl (C=O) groups is 1. The molecule has 0 radical (unpaired) electrons. The second-order valence-corrected chi connectivity index (χ2v) is 8.76. The van der Waals surface area contributed by atoms with Gasteiger partial charge in [-0.1, -0.05) is 17.7 Å². The Hall–Kier alpha value is -2.26. The van der Waals surface area contributed by atoms with Crippen molar-refractivity contribution < 1.29 is 17.6 Å². The van der Waals surface area contributed by atoms with Crippen LogP contribution < -0.4 is 10.0 Å². The van der Waals surface area contributed by atoms with Crippen LogP contribution in [0.2, 0.25) is 5.02 Å². The van der Waals surface area contributed by atoms with E-state index in [1.165, 1.54) is 24.5 Å². The SMILES string of the molecule is CSc1cccc(NC(=O)c2ccc(Cl)c(S(=O)(=O)NCc3ccco3)c2)c1. The molecule has 2 aromatic carbocycles. The molecule has 1 aromatic heterocycles. The number of nitrogens with one attached hydrogen (secondary N) is 2. The Morgan fingerprint density at radius 2 is 1.96 bits per heavy atom. The number of benzene rings is 2. The Labute approximate surface area is 172 Å². The lowest BCUT2D eigenvalue weighted by Gasteiger charge is -2.10. The fourth-order valence-electron chi connectivity index (χ4n) is 2.41. The lowest BCUT2D eigenvalue weighted by Crippen LogP contribution is -2.24. The zero-order valence-corrected chi connectivity index (χ0v) is 17.2. The van der Waals surface area contributed by atoms with Crippen LogP contribution in [0.4, 0.5) is 5.69 Å². The number of halogens is 1. The number of amides is 1. The van der Waals surface area contributed by atoms with E-state index in [2.05, 4.69) is 10.0 Å². The summed E-state index contributed by atoms with van der Waals surface area (Å²) in [7, 11) is -3.93. The monoisotopic (exact) mass is 436 g/mol. The number of hydrogen-bond donors (Lipinski definition) is 2. The van der Waals surface area contributed by atoms with Crippen LogP contribution in [0.25, 0.3) is 0 Å². The van der Waals surface area contributed by atoms with Crippen LogP contribution in [0.5, 0.6) is 0 Å². The summed E-state index contributed by atoms with van der Waals surface area (Å²) in [5.41, 5.74) is 0.796. The number of furan rings is 1. The first kappa shape index (κ1) is 20.5. The van der Waals surface area contributed by atoms with Gasteiger partial charge < -0.3 is 9.73 Å². The van der Waals surface area contributed by atoms with Crippen molar-refractivity contribution in [2.45, 2.75) is 16.3 Å². The minimum atomic E-state index is -3.93. The van der Waals surface area contributed by atoms with E-state index in [1.807, 2.05) is 24.5 Å². The normalized spacial score (nSPS) is 11.4. The summed E-state index contributed by atoms with van der Waals surface area (Å²) in [6, 6.07) is 14.8. The van der Waals surface area contributed by atoms with E-state index in [4.69, 9.17) is 16.0 Å². The van der Waals surface area contributed by atoms with E-state index in [0.717, 1.165) is 4.90 Å². The minimum absolute atomic E-state index is 0.0212. The van der Waals surface area contributed by atoms with Gasteiger partial charge in [-0.25, -0.2) is 13.1 Å². The molecule has 1 heterocycles. The summed E-state index contributed by atoms with van der Waals surface area (Å²) in [5, 5.41) is 2.78. The van der Waals surface area contributed by atoms with Crippen LogP contribution in [0.15, 0.2) is 75.1 Å². The molecular formula is C19H17ClN2O4S2. The molecule has 0 saturated heterocycles. The third kappa shape index (κ3) is 4.96. The van der Waals surface area contributed by atoms with Crippen LogP contribution in [-0.2, 0) is 16.6 Å². The number of anilines is 1. The molecule has 2 N–H and O–H groups in total. The van der Waals surface area contributed by atoms with E-state index in [9.17, 15) is 13.2 Å². The zero-order valence-electron chi connectivity index (χ0n) is 14.8. The highest BCUT2D eigenvalue weighted by Gasteiger charge is 2.20. The second-order valence-electron chi connectivity index (χ2n) is 5.74. The highest BCUT2D eigenvalue weighted by atomic mass is 35.5. The van der Waals surface area contributed by atoms with Gasteiger partial charge in [0.25, 0.3) is 5.91 Å². The van der Waals surface area contributed by atoms with Crippen molar-refractivity contribution in [1.82, 2.24) is 4.72 Å². The average Bonchev–Trinajstić information content (AvgIpc) is 3.20. The standard InChI is InChI=1S/C19H17ClN2O4S2/c1-27-16-6-2-4-14(11-16)22-19(23)13-7-8-17(20)18(10-13)28(24,25)21-12-15-5-3-9-26-15/h2-11,21H,12H2,1H3,(H,22,23). The van der Waals surface area contributed by atoms with Gasteiger partial charge in [0.05, 0.1) is 17.8 Å². The summed E-state index contributed by atoms with van der Waals surface area (Å²) in [5.74, 6) is 0.0275. The Morgan fingerprint density at radius 1 is 1.14 bits per heavy atom. The van der Waals surface area contributed by atoms with Crippen molar-refractivity contribution in [3.05, 3.63) is 77.2 Å². The quantitative estimate of drug-likeness (QED) is 0.536. The van der Waals surface area contributed by atoms with Crippen LogP contribution in [-0.4, -0.2) is 20.6 Å². The number of thioether (sulfide) groups is 1. The molecule has 0 aliphatic heterocycles. The van der Waals surface area contributed by atoms with Gasteiger partial charge in [-0.05, 0) is 54.8 Å². The molecular weight excluding hydrogens is 420 g/mol. The number of rotatable bonds is 7. The summed E-state index contributed by atoms with van der Waals surface area (Å²) in [6.45, 7) is -0.0242. The van der Waals surface area contributed by atoms with Gasteiger partial charge in [-0.15, -0.1) is 11.8 Å². The van der Waals surface area contributed by atoms with Gasteiger partial charge in [-0.2, -0.15) is 0 Å². The molecule has 1 amide bonds. The molecule has 0 aliphatic rings. The van der Waals surface area contributed by atoms with Gasteiger partial charge >= 0.3 is 0 Å². The molecule has 0 unspecified atom stereocenters. The van der Waals surface area contributed by atoms with E-state index in [1.54, 1.807) is 30.0 Å². The maximum atomic E-state index is 12.6. The molecule has 28 heavy (non-hydrogen) atoms. The molecule has 0 fully saturated rings. The van der Waals surface area contributed by atoms with E-state index >= 15 is 0 Å². The van der Waals surface area contributed by atoms with E-state index < -0.39 is 15.9 Å². The molecule has 0 atom stereocenters. The van der Waals surface area contributed by atoms with Crippen LogP contribution in [0.1, 0.15) is 16.1 Å². The van der Waals surface area contributed by atoms with E-state index in [0.29, 0.717) is 11.4 Å². The lowest BCUT2D eigenvalue weighted by molar-refractivity contribution is 0.102. The minimum Gasteiger partial charge on any atom is -0.468 e. The van der Waals surface area contributed by atoms with Crippen molar-refractivity contribution in [3.8, 4) is 0 Å². The molecule has 146 valence electrons. The third-order valence-electron chi connectivity index (χ3n) is 3.83. The van der Waals surface area contributed by atoms with Crippen molar-refractivity contribution in [2.24, 2.45) is 0 Å². The van der Waals surface area contributed by atoms with Crippen molar-refractivity contribution in [1.29, 1.82) is 0 Å². The van der Waals surface area contributed by atoms with E-state index in [-0.39, 0.29) is 22.0 Å². The number of carbonyl (C=O) groups excluding carboxylic acids is 1. The van der Waals surface area contributed by atoms with Crippen molar-refractivity contribution in [2.75, 3.05) is 11.6 Å². The third-order valence-corrected chi connectivity index (χ3v) is 6.44. The lowest BCUT2D eigenvalue weighted by atomic mass is 10.2. The predicted octanol–water partition coefficient (Wildman–Crippen LogP) is 4.39. The Kier molecular flexibility index (Phi) is 6.46. The smallest absolute Gasteiger partial charge is 0.255 e. The van der Waals surface area contributed by atoms with Gasteiger partial charge in [0, 0.05) is 16.1 Å². The Balaban J connectivity index is 1.80. The highest BCUT2D eigenvalue weighted by Crippen LogP contribution is 2.24. The predicted molar refractivity (Wildman–Crippen MR) is 110 cm³/mol. The van der Waals surface area contributed by atoms with Gasteiger partial charge in [0.2, 0.25) is 10.0 Å². The molecule has 3 rings (SSSR count). The Bertz CT molecular complexity index is 1080. The fourth-order valence-corrected chi connectivity index (χ4v) is 4.39. The first-order valence-corrected chi connectivity index (χ1v) is 11.2. The van der Waals surface area contributed by atoms with Crippen molar-refractivity contribution >= 4 is 45.0 Å². The molecule has 0 bridgehead atoms.